The van der Waals surface area contributed by atoms with Gasteiger partial charge < -0.3 is 14.8 Å². The molecule has 0 spiro atoms. The van der Waals surface area contributed by atoms with Gasteiger partial charge in [0.25, 0.3) is 5.91 Å². The van der Waals surface area contributed by atoms with Gasteiger partial charge in [-0.05, 0) is 20.3 Å². The van der Waals surface area contributed by atoms with Crippen molar-refractivity contribution in [3.05, 3.63) is 33.4 Å². The zero-order valence-corrected chi connectivity index (χ0v) is 15.6. The topological polar surface area (TPSA) is 91.5 Å². The van der Waals surface area contributed by atoms with Crippen molar-refractivity contribution in [2.24, 2.45) is 0 Å². The van der Waals surface area contributed by atoms with Crippen molar-refractivity contribution in [3.63, 3.8) is 0 Å². The van der Waals surface area contributed by atoms with Crippen LogP contribution in [0.25, 0.3) is 0 Å². The Morgan fingerprint density at radius 1 is 1.48 bits per heavy atom. The molecule has 1 fully saturated rings. The summed E-state index contributed by atoms with van der Waals surface area (Å²) in [6, 6.07) is -0.282. The zero-order chi connectivity index (χ0) is 18.0. The second kappa shape index (κ2) is 7.63. The Hall–Kier alpha value is -1.77. The van der Waals surface area contributed by atoms with E-state index in [-0.39, 0.29) is 17.7 Å². The second-order valence-electron chi connectivity index (χ2n) is 6.40. The van der Waals surface area contributed by atoms with Gasteiger partial charge in [-0.1, -0.05) is 6.92 Å². The van der Waals surface area contributed by atoms with E-state index in [4.69, 9.17) is 4.42 Å². The molecule has 136 valence electrons. The van der Waals surface area contributed by atoms with Crippen molar-refractivity contribution in [1.82, 2.24) is 20.2 Å². The summed E-state index contributed by atoms with van der Waals surface area (Å²) in [5.41, 5.74) is 1.61. The fourth-order valence-corrected chi connectivity index (χ4v) is 3.67. The van der Waals surface area contributed by atoms with Crippen molar-refractivity contribution in [2.75, 3.05) is 13.1 Å². The third-order valence-corrected chi connectivity index (χ3v) is 5.21. The van der Waals surface area contributed by atoms with Gasteiger partial charge in [0.1, 0.15) is 0 Å². The Bertz CT molecular complexity index is 742. The number of rotatable bonds is 5. The van der Waals surface area contributed by atoms with Crippen molar-refractivity contribution in [1.29, 1.82) is 0 Å². The molecule has 2 N–H and O–H groups in total. The Kier molecular flexibility index (Phi) is 5.51. The van der Waals surface area contributed by atoms with Gasteiger partial charge in [0.2, 0.25) is 5.76 Å². The van der Waals surface area contributed by atoms with E-state index in [0.29, 0.717) is 31.0 Å². The minimum atomic E-state index is -0.619. The predicted octanol–water partition coefficient (Wildman–Crippen LogP) is 1.68. The molecule has 0 radical (unpaired) electrons. The van der Waals surface area contributed by atoms with Gasteiger partial charge >= 0.3 is 0 Å². The fraction of sp³-hybridized carbons (Fsp3) is 0.588. The van der Waals surface area contributed by atoms with E-state index < -0.39 is 6.10 Å². The number of nitrogens with one attached hydrogen (secondary N) is 1. The third kappa shape index (κ3) is 4.26. The molecule has 2 atom stereocenters. The standard InChI is InChI=1S/C17H24N4O3S/c1-4-15-18-10(2)16(24-15)17(23)20-13-5-6-21(8-14(13)22)7-12-9-25-11(3)19-12/h9,13-14,22H,4-8H2,1-3H3,(H,20,23)/t13-,14-/m1/s1. The number of nitrogens with zero attached hydrogens (tertiary/aromatic N) is 3. The van der Waals surface area contributed by atoms with E-state index in [0.717, 1.165) is 23.8 Å². The van der Waals surface area contributed by atoms with E-state index in [9.17, 15) is 9.90 Å². The van der Waals surface area contributed by atoms with E-state index in [1.54, 1.807) is 18.3 Å². The number of hydrogen-bond donors (Lipinski definition) is 2. The number of carbonyl (C=O) groups is 1. The number of thiazole rings is 1. The number of likely N-dealkylation sites (tertiary alicyclic amines) is 1. The molecule has 0 aliphatic carbocycles. The van der Waals surface area contributed by atoms with Gasteiger partial charge in [0.15, 0.2) is 5.89 Å². The molecule has 0 bridgehead atoms. The van der Waals surface area contributed by atoms with E-state index >= 15 is 0 Å². The monoisotopic (exact) mass is 364 g/mol. The van der Waals surface area contributed by atoms with Gasteiger partial charge in [-0.15, -0.1) is 11.3 Å². The summed E-state index contributed by atoms with van der Waals surface area (Å²) >= 11 is 1.63. The first-order valence-corrected chi connectivity index (χ1v) is 9.42. The number of aliphatic hydroxyl groups excluding tert-OH is 1. The van der Waals surface area contributed by atoms with Crippen molar-refractivity contribution >= 4 is 17.2 Å². The first kappa shape index (κ1) is 18.0. The molecule has 1 saturated heterocycles. The summed E-state index contributed by atoms with van der Waals surface area (Å²) in [4.78, 5) is 23.3. The molecule has 3 rings (SSSR count). The van der Waals surface area contributed by atoms with Crippen LogP contribution in [0.1, 0.15) is 46.2 Å². The Labute approximate surface area is 151 Å². The van der Waals surface area contributed by atoms with Gasteiger partial charge in [0.05, 0.1) is 28.5 Å². The van der Waals surface area contributed by atoms with E-state index in [2.05, 4.69) is 20.2 Å². The summed E-state index contributed by atoms with van der Waals surface area (Å²) in [6.45, 7) is 7.71. The van der Waals surface area contributed by atoms with Crippen LogP contribution in [0.15, 0.2) is 9.80 Å². The summed E-state index contributed by atoms with van der Waals surface area (Å²) in [7, 11) is 0. The lowest BCUT2D eigenvalue weighted by atomic mass is 10.0. The second-order valence-corrected chi connectivity index (χ2v) is 7.47. The summed E-state index contributed by atoms with van der Waals surface area (Å²) in [5, 5.41) is 16.4. The average Bonchev–Trinajstić information content (AvgIpc) is 3.15. The van der Waals surface area contributed by atoms with Crippen LogP contribution in [0, 0.1) is 13.8 Å². The molecule has 2 aromatic heterocycles. The number of hydrogen-bond acceptors (Lipinski definition) is 7. The molecule has 1 amide bonds. The lowest BCUT2D eigenvalue weighted by molar-refractivity contribution is 0.0339. The number of aromatic nitrogens is 2. The van der Waals surface area contributed by atoms with Crippen LogP contribution in [0.3, 0.4) is 0 Å². The van der Waals surface area contributed by atoms with Gasteiger partial charge in [-0.25, -0.2) is 9.97 Å². The Morgan fingerprint density at radius 2 is 2.28 bits per heavy atom. The zero-order valence-electron chi connectivity index (χ0n) is 14.8. The molecule has 1 aliphatic heterocycles. The van der Waals surface area contributed by atoms with Crippen LogP contribution in [-0.4, -0.2) is 51.1 Å². The summed E-state index contributed by atoms with van der Waals surface area (Å²) in [6.07, 6.45) is 0.709. The first-order chi connectivity index (χ1) is 12.0. The molecular formula is C17H24N4O3S. The molecule has 0 unspecified atom stereocenters. The van der Waals surface area contributed by atoms with Crippen LogP contribution in [0.4, 0.5) is 0 Å². The number of piperidine rings is 1. The molecule has 7 nitrogen and oxygen atoms in total. The summed E-state index contributed by atoms with van der Waals surface area (Å²) < 4.78 is 5.48. The SMILES string of the molecule is CCc1nc(C)c(C(=O)N[C@@H]2CCN(Cc3csc(C)n3)C[C@H]2O)o1. The molecule has 25 heavy (non-hydrogen) atoms. The smallest absolute Gasteiger partial charge is 0.289 e. The highest BCUT2D eigenvalue weighted by Crippen LogP contribution is 2.17. The molecule has 0 saturated carbocycles. The first-order valence-electron chi connectivity index (χ1n) is 8.54. The molecule has 3 heterocycles. The molecule has 1 aliphatic rings. The van der Waals surface area contributed by atoms with Crippen LogP contribution in [-0.2, 0) is 13.0 Å². The number of amides is 1. The normalized spacial score (nSPS) is 21.4. The number of β-amino-alcohol motifs (C(OH)–C–C–N with tert-alkyl or cyclic N) is 1. The lowest BCUT2D eigenvalue weighted by Crippen LogP contribution is -2.53. The minimum Gasteiger partial charge on any atom is -0.435 e. The largest absolute Gasteiger partial charge is 0.435 e. The minimum absolute atomic E-state index is 0.240. The van der Waals surface area contributed by atoms with E-state index in [1.165, 1.54) is 0 Å². The molecule has 8 heteroatoms. The van der Waals surface area contributed by atoms with Gasteiger partial charge in [-0.2, -0.15) is 0 Å². The van der Waals surface area contributed by atoms with Gasteiger partial charge in [-0.3, -0.25) is 9.69 Å². The maximum atomic E-state index is 12.4. The number of aliphatic hydroxyl groups is 1. The molecular weight excluding hydrogens is 340 g/mol. The number of oxazole rings is 1. The van der Waals surface area contributed by atoms with Crippen molar-refractivity contribution in [3.8, 4) is 0 Å². The molecule has 0 aromatic carbocycles. The highest BCUT2D eigenvalue weighted by atomic mass is 32.1. The quantitative estimate of drug-likeness (QED) is 0.839. The van der Waals surface area contributed by atoms with Crippen LogP contribution in [0.2, 0.25) is 0 Å². The van der Waals surface area contributed by atoms with Gasteiger partial charge in [0, 0.05) is 31.4 Å². The lowest BCUT2D eigenvalue weighted by Gasteiger charge is -2.35. The number of aryl methyl sites for hydroxylation is 3. The predicted molar refractivity (Wildman–Crippen MR) is 94.6 cm³/mol. The Morgan fingerprint density at radius 3 is 2.88 bits per heavy atom. The average molecular weight is 364 g/mol. The highest BCUT2D eigenvalue weighted by Gasteiger charge is 2.30. The Balaban J connectivity index is 1.56. The van der Waals surface area contributed by atoms with E-state index in [1.807, 2.05) is 19.2 Å². The van der Waals surface area contributed by atoms with Crippen LogP contribution < -0.4 is 5.32 Å². The fourth-order valence-electron chi connectivity index (χ4n) is 3.07. The van der Waals surface area contributed by atoms with Crippen molar-refractivity contribution < 1.29 is 14.3 Å². The molecule has 2 aromatic rings. The third-order valence-electron chi connectivity index (χ3n) is 4.38. The van der Waals surface area contributed by atoms with Crippen molar-refractivity contribution in [2.45, 2.75) is 52.3 Å². The summed E-state index contributed by atoms with van der Waals surface area (Å²) in [5.74, 6) is 0.485. The van der Waals surface area contributed by atoms with Crippen LogP contribution in [0.5, 0.6) is 0 Å². The maximum absolute atomic E-state index is 12.4. The maximum Gasteiger partial charge on any atom is 0.289 e. The number of carbonyl (C=O) groups excluding carboxylic acids is 1. The highest BCUT2D eigenvalue weighted by molar-refractivity contribution is 7.09. The van der Waals surface area contributed by atoms with Crippen LogP contribution >= 0.6 is 11.3 Å².